The predicted molar refractivity (Wildman–Crippen MR) is 82.6 cm³/mol. The van der Waals surface area contributed by atoms with Crippen molar-refractivity contribution in [2.24, 2.45) is 0 Å². The van der Waals surface area contributed by atoms with Crippen LogP contribution in [0.3, 0.4) is 0 Å². The van der Waals surface area contributed by atoms with E-state index >= 15 is 0 Å². The van der Waals surface area contributed by atoms with Crippen LogP contribution in [0, 0.1) is 18.3 Å². The number of nitrogens with one attached hydrogen (secondary N) is 1. The Morgan fingerprint density at radius 3 is 2.32 bits per heavy atom. The number of alkyl halides is 1. The lowest BCUT2D eigenvalue weighted by molar-refractivity contribution is -0.130. The molecule has 2 aromatic carbocycles. The van der Waals surface area contributed by atoms with Gasteiger partial charge in [0.1, 0.15) is 6.07 Å². The van der Waals surface area contributed by atoms with Crippen molar-refractivity contribution in [3.63, 3.8) is 0 Å². The Morgan fingerprint density at radius 1 is 1.18 bits per heavy atom. The highest BCUT2D eigenvalue weighted by Gasteiger charge is 2.41. The van der Waals surface area contributed by atoms with Gasteiger partial charge < -0.3 is 5.32 Å². The van der Waals surface area contributed by atoms with Crippen LogP contribution in [-0.2, 0) is 10.5 Å². The summed E-state index contributed by atoms with van der Waals surface area (Å²) in [7, 11) is 0. The van der Waals surface area contributed by atoms with Crippen molar-refractivity contribution in [1.82, 2.24) is 5.32 Å². The molecule has 1 amide bonds. The number of nitriles is 1. The smallest absolute Gasteiger partial charge is 0.298 e. The summed E-state index contributed by atoms with van der Waals surface area (Å²) in [6.07, 6.45) is 0. The van der Waals surface area contributed by atoms with Gasteiger partial charge in [-0.15, -0.1) is 0 Å². The topological polar surface area (TPSA) is 52.9 Å². The van der Waals surface area contributed by atoms with Crippen LogP contribution < -0.4 is 5.32 Å². The van der Waals surface area contributed by atoms with E-state index in [1.807, 2.05) is 37.3 Å². The minimum absolute atomic E-state index is 0.0401. The number of carbonyl (C=O) groups excluding carboxylic acids is 1. The SMILES string of the molecule is Cc1ccc([C@](F)(C#N)C(=O)N[C@@H](C)c2ccccc2)cc1. The summed E-state index contributed by atoms with van der Waals surface area (Å²) >= 11 is 0. The lowest BCUT2D eigenvalue weighted by atomic mass is 9.94. The molecule has 112 valence electrons. The number of amides is 1. The third kappa shape index (κ3) is 3.15. The Kier molecular flexibility index (Phi) is 4.57. The summed E-state index contributed by atoms with van der Waals surface area (Å²) < 4.78 is 14.9. The number of rotatable bonds is 4. The summed E-state index contributed by atoms with van der Waals surface area (Å²) in [6, 6.07) is 16.6. The fourth-order valence-electron chi connectivity index (χ4n) is 2.15. The molecule has 0 aliphatic carbocycles. The highest BCUT2D eigenvalue weighted by molar-refractivity contribution is 5.89. The van der Waals surface area contributed by atoms with Crippen molar-refractivity contribution >= 4 is 5.91 Å². The van der Waals surface area contributed by atoms with Crippen LogP contribution >= 0.6 is 0 Å². The molecule has 0 aliphatic heterocycles. The van der Waals surface area contributed by atoms with Crippen molar-refractivity contribution in [3.8, 4) is 6.07 Å². The fourth-order valence-corrected chi connectivity index (χ4v) is 2.15. The van der Waals surface area contributed by atoms with Gasteiger partial charge in [0, 0.05) is 5.56 Å². The van der Waals surface area contributed by atoms with Gasteiger partial charge in [-0.05, 0) is 19.4 Å². The zero-order valence-corrected chi connectivity index (χ0v) is 12.5. The summed E-state index contributed by atoms with van der Waals surface area (Å²) in [5.41, 5.74) is -0.878. The van der Waals surface area contributed by atoms with Gasteiger partial charge in [-0.2, -0.15) is 5.26 Å². The van der Waals surface area contributed by atoms with Crippen LogP contribution in [0.25, 0.3) is 0 Å². The van der Waals surface area contributed by atoms with E-state index in [2.05, 4.69) is 5.32 Å². The van der Waals surface area contributed by atoms with Crippen LogP contribution in [0.2, 0.25) is 0 Å². The average molecular weight is 296 g/mol. The monoisotopic (exact) mass is 296 g/mol. The molecule has 0 aromatic heterocycles. The first-order chi connectivity index (χ1) is 10.5. The van der Waals surface area contributed by atoms with E-state index in [-0.39, 0.29) is 11.6 Å². The molecule has 0 aliphatic rings. The second-order valence-corrected chi connectivity index (χ2v) is 5.24. The Balaban J connectivity index is 2.22. The third-order valence-corrected chi connectivity index (χ3v) is 3.56. The molecule has 2 aromatic rings. The molecular weight excluding hydrogens is 279 g/mol. The number of nitrogens with zero attached hydrogens (tertiary/aromatic N) is 1. The second kappa shape index (κ2) is 6.40. The van der Waals surface area contributed by atoms with Gasteiger partial charge in [-0.1, -0.05) is 60.2 Å². The lowest BCUT2D eigenvalue weighted by Crippen LogP contribution is -2.41. The molecular formula is C18H17FN2O. The molecule has 4 heteroatoms. The van der Waals surface area contributed by atoms with Crippen LogP contribution in [0.4, 0.5) is 4.39 Å². The van der Waals surface area contributed by atoms with Gasteiger partial charge in [-0.3, -0.25) is 4.79 Å². The Morgan fingerprint density at radius 2 is 1.77 bits per heavy atom. The summed E-state index contributed by atoms with van der Waals surface area (Å²) in [6.45, 7) is 3.60. The molecule has 0 bridgehead atoms. The van der Waals surface area contributed by atoms with E-state index in [0.717, 1.165) is 11.1 Å². The maximum Gasteiger partial charge on any atom is 0.298 e. The molecule has 0 saturated heterocycles. The van der Waals surface area contributed by atoms with Crippen LogP contribution in [-0.4, -0.2) is 5.91 Å². The average Bonchev–Trinajstić information content (AvgIpc) is 2.55. The first kappa shape index (κ1) is 15.7. The molecule has 0 saturated carbocycles. The largest absolute Gasteiger partial charge is 0.346 e. The standard InChI is InChI=1S/C18H17FN2O/c1-13-8-10-16(11-9-13)18(19,12-20)17(22)21-14(2)15-6-4-3-5-7-15/h3-11,14H,1-2H3,(H,21,22)/t14-,18+/m0/s1. The lowest BCUT2D eigenvalue weighted by Gasteiger charge is -2.21. The van der Waals surface area contributed by atoms with E-state index in [0.29, 0.717) is 0 Å². The van der Waals surface area contributed by atoms with Crippen LogP contribution in [0.1, 0.15) is 29.7 Å². The van der Waals surface area contributed by atoms with Crippen LogP contribution in [0.15, 0.2) is 54.6 Å². The highest BCUT2D eigenvalue weighted by atomic mass is 19.1. The van der Waals surface area contributed by atoms with Crippen molar-refractivity contribution in [2.45, 2.75) is 25.6 Å². The van der Waals surface area contributed by atoms with Crippen molar-refractivity contribution in [3.05, 3.63) is 71.3 Å². The summed E-state index contributed by atoms with van der Waals surface area (Å²) in [5.74, 6) is -0.949. The first-order valence-electron chi connectivity index (χ1n) is 7.00. The third-order valence-electron chi connectivity index (χ3n) is 3.56. The minimum Gasteiger partial charge on any atom is -0.346 e. The summed E-state index contributed by atoms with van der Waals surface area (Å²) in [4.78, 5) is 12.3. The Labute approximate surface area is 129 Å². The van der Waals surface area contributed by atoms with Crippen LogP contribution in [0.5, 0.6) is 0 Å². The molecule has 0 heterocycles. The molecule has 2 rings (SSSR count). The number of benzene rings is 2. The first-order valence-corrected chi connectivity index (χ1v) is 7.00. The molecule has 3 nitrogen and oxygen atoms in total. The van der Waals surface area contributed by atoms with Gasteiger partial charge in [0.05, 0.1) is 6.04 Å². The van der Waals surface area contributed by atoms with E-state index in [4.69, 9.17) is 0 Å². The molecule has 0 radical (unpaired) electrons. The zero-order chi connectivity index (χ0) is 16.2. The van der Waals surface area contributed by atoms with Gasteiger partial charge in [0.2, 0.25) is 0 Å². The predicted octanol–water partition coefficient (Wildman–Crippen LogP) is 3.56. The van der Waals surface area contributed by atoms with Gasteiger partial charge in [0.15, 0.2) is 0 Å². The highest BCUT2D eigenvalue weighted by Crippen LogP contribution is 2.27. The molecule has 1 N–H and O–H groups in total. The maximum atomic E-state index is 14.9. The zero-order valence-electron chi connectivity index (χ0n) is 12.5. The second-order valence-electron chi connectivity index (χ2n) is 5.24. The fraction of sp³-hybridized carbons (Fsp3) is 0.222. The van der Waals surface area contributed by atoms with E-state index in [9.17, 15) is 14.4 Å². The maximum absolute atomic E-state index is 14.9. The normalized spacial score (nSPS) is 14.5. The van der Waals surface area contributed by atoms with Gasteiger partial charge >= 0.3 is 0 Å². The molecule has 0 unspecified atom stereocenters. The van der Waals surface area contributed by atoms with Crippen molar-refractivity contribution < 1.29 is 9.18 Å². The molecule has 0 fully saturated rings. The van der Waals surface area contributed by atoms with Crippen molar-refractivity contribution in [1.29, 1.82) is 5.26 Å². The molecule has 0 spiro atoms. The van der Waals surface area contributed by atoms with E-state index < -0.39 is 11.6 Å². The minimum atomic E-state index is -2.70. The van der Waals surface area contributed by atoms with E-state index in [1.165, 1.54) is 18.2 Å². The summed E-state index contributed by atoms with van der Waals surface area (Å²) in [5, 5.41) is 11.7. The van der Waals surface area contributed by atoms with Crippen molar-refractivity contribution in [2.75, 3.05) is 0 Å². The van der Waals surface area contributed by atoms with Gasteiger partial charge in [0.25, 0.3) is 11.6 Å². The number of halogens is 1. The Bertz CT molecular complexity index is 691. The number of hydrogen-bond acceptors (Lipinski definition) is 2. The van der Waals surface area contributed by atoms with E-state index in [1.54, 1.807) is 19.1 Å². The molecule has 2 atom stereocenters. The number of aryl methyl sites for hydroxylation is 1. The Hall–Kier alpha value is -2.67. The van der Waals surface area contributed by atoms with Gasteiger partial charge in [-0.25, -0.2) is 4.39 Å². The quantitative estimate of drug-likeness (QED) is 0.938. The number of carbonyl (C=O) groups is 1. The molecule has 22 heavy (non-hydrogen) atoms. The number of hydrogen-bond donors (Lipinski definition) is 1.